The summed E-state index contributed by atoms with van der Waals surface area (Å²) in [6.45, 7) is -0.00177. The summed E-state index contributed by atoms with van der Waals surface area (Å²) in [5, 5.41) is 9.75. The van der Waals surface area contributed by atoms with Crippen LogP contribution in [0.1, 0.15) is 53.9 Å². The normalized spacial score (nSPS) is 15.0. The highest BCUT2D eigenvalue weighted by atomic mass is 19.4. The monoisotopic (exact) mass is 417 g/mol. The van der Waals surface area contributed by atoms with Crippen molar-refractivity contribution in [2.45, 2.75) is 50.8 Å². The SMILES string of the molecule is O=C(O)Cc1c[nH]c2ccc(OCc3ccc(C4CCCC4)c(C(F)(F)F)c3)cc12. The van der Waals surface area contributed by atoms with E-state index >= 15 is 0 Å². The summed E-state index contributed by atoms with van der Waals surface area (Å²) < 4.78 is 46.7. The maximum atomic E-state index is 13.6. The van der Waals surface area contributed by atoms with Crippen molar-refractivity contribution in [2.75, 3.05) is 0 Å². The number of alkyl halides is 3. The van der Waals surface area contributed by atoms with Crippen LogP contribution in [0.5, 0.6) is 5.75 Å². The maximum absolute atomic E-state index is 13.6. The third-order valence-electron chi connectivity index (χ3n) is 5.70. The zero-order valence-corrected chi connectivity index (χ0v) is 16.3. The van der Waals surface area contributed by atoms with Crippen molar-refractivity contribution in [3.05, 3.63) is 64.8 Å². The summed E-state index contributed by atoms with van der Waals surface area (Å²) in [5.41, 5.74) is 1.67. The number of ether oxygens (including phenoxy) is 1. The number of benzene rings is 2. The van der Waals surface area contributed by atoms with Gasteiger partial charge < -0.3 is 14.8 Å². The number of fused-ring (bicyclic) bond motifs is 1. The molecule has 1 aliphatic rings. The van der Waals surface area contributed by atoms with Crippen LogP contribution in [0.2, 0.25) is 0 Å². The molecular weight excluding hydrogens is 395 g/mol. The highest BCUT2D eigenvalue weighted by molar-refractivity contribution is 5.88. The lowest BCUT2D eigenvalue weighted by atomic mass is 9.91. The second kappa shape index (κ2) is 8.05. The summed E-state index contributed by atoms with van der Waals surface area (Å²) in [4.78, 5) is 14.0. The van der Waals surface area contributed by atoms with Crippen molar-refractivity contribution >= 4 is 16.9 Å². The minimum atomic E-state index is -4.40. The number of nitrogens with one attached hydrogen (secondary N) is 1. The van der Waals surface area contributed by atoms with Gasteiger partial charge in [0.15, 0.2) is 0 Å². The molecule has 1 aliphatic carbocycles. The third-order valence-corrected chi connectivity index (χ3v) is 5.70. The predicted octanol–water partition coefficient (Wildman–Crippen LogP) is 6.05. The van der Waals surface area contributed by atoms with Crippen LogP contribution >= 0.6 is 0 Å². The molecule has 4 nitrogen and oxygen atoms in total. The first kappa shape index (κ1) is 20.3. The van der Waals surface area contributed by atoms with Crippen LogP contribution in [-0.4, -0.2) is 16.1 Å². The largest absolute Gasteiger partial charge is 0.489 e. The molecule has 2 N–H and O–H groups in total. The number of carboxylic acids is 1. The van der Waals surface area contributed by atoms with E-state index in [2.05, 4.69) is 4.98 Å². The number of carbonyl (C=O) groups is 1. The van der Waals surface area contributed by atoms with E-state index in [1.165, 1.54) is 6.07 Å². The molecule has 0 radical (unpaired) electrons. The Balaban J connectivity index is 1.55. The van der Waals surface area contributed by atoms with Crippen LogP contribution < -0.4 is 4.74 Å². The third kappa shape index (κ3) is 4.30. The first-order valence-corrected chi connectivity index (χ1v) is 9.96. The zero-order chi connectivity index (χ0) is 21.3. The molecule has 1 heterocycles. The minimum Gasteiger partial charge on any atom is -0.489 e. The van der Waals surface area contributed by atoms with Crippen LogP contribution in [-0.2, 0) is 24.0 Å². The first-order valence-electron chi connectivity index (χ1n) is 9.96. The summed E-state index contributed by atoms with van der Waals surface area (Å²) in [5.74, 6) is -0.494. The number of aromatic nitrogens is 1. The lowest BCUT2D eigenvalue weighted by Gasteiger charge is -2.19. The van der Waals surface area contributed by atoms with E-state index in [1.807, 2.05) is 0 Å². The molecule has 1 fully saturated rings. The molecule has 0 atom stereocenters. The fourth-order valence-electron chi connectivity index (χ4n) is 4.25. The van der Waals surface area contributed by atoms with E-state index in [0.717, 1.165) is 36.6 Å². The average molecular weight is 417 g/mol. The Bertz CT molecular complexity index is 1070. The summed E-state index contributed by atoms with van der Waals surface area (Å²) in [6, 6.07) is 9.67. The molecule has 0 aliphatic heterocycles. The van der Waals surface area contributed by atoms with Crippen LogP contribution in [0.15, 0.2) is 42.6 Å². The maximum Gasteiger partial charge on any atom is 0.416 e. The molecule has 0 saturated heterocycles. The van der Waals surface area contributed by atoms with Gasteiger partial charge in [-0.1, -0.05) is 25.0 Å². The van der Waals surface area contributed by atoms with Gasteiger partial charge in [0.1, 0.15) is 12.4 Å². The standard InChI is InChI=1S/C23H22F3NO3/c24-23(25,26)20-9-14(5-7-18(20)15-3-1-2-4-15)13-30-17-6-8-21-19(11-17)16(12-27-21)10-22(28)29/h5-9,11-12,15,27H,1-4,10,13H2,(H,28,29). The van der Waals surface area contributed by atoms with E-state index in [1.54, 1.807) is 36.5 Å². The molecule has 3 aromatic rings. The van der Waals surface area contributed by atoms with Crippen molar-refractivity contribution in [1.82, 2.24) is 4.98 Å². The molecule has 0 spiro atoms. The van der Waals surface area contributed by atoms with Crippen LogP contribution in [0.3, 0.4) is 0 Å². The van der Waals surface area contributed by atoms with Gasteiger partial charge in [-0.15, -0.1) is 0 Å². The fraction of sp³-hybridized carbons (Fsp3) is 0.348. The number of aliphatic carboxylic acids is 1. The number of carboxylic acid groups (broad SMARTS) is 1. The molecule has 2 aromatic carbocycles. The highest BCUT2D eigenvalue weighted by Gasteiger charge is 2.36. The Morgan fingerprint density at radius 2 is 1.90 bits per heavy atom. The van der Waals surface area contributed by atoms with Crippen molar-refractivity contribution < 1.29 is 27.8 Å². The fourth-order valence-corrected chi connectivity index (χ4v) is 4.25. The predicted molar refractivity (Wildman–Crippen MR) is 107 cm³/mol. The van der Waals surface area contributed by atoms with Gasteiger partial charge in [0, 0.05) is 17.1 Å². The van der Waals surface area contributed by atoms with Gasteiger partial charge in [-0.3, -0.25) is 4.79 Å². The first-order chi connectivity index (χ1) is 14.3. The van der Waals surface area contributed by atoms with Crippen LogP contribution in [0, 0.1) is 0 Å². The zero-order valence-electron chi connectivity index (χ0n) is 16.3. The molecule has 158 valence electrons. The number of aromatic amines is 1. The Morgan fingerprint density at radius 1 is 1.13 bits per heavy atom. The molecule has 7 heteroatoms. The lowest BCUT2D eigenvalue weighted by molar-refractivity contribution is -0.138. The van der Waals surface area contributed by atoms with Gasteiger partial charge in [-0.25, -0.2) is 0 Å². The Hall–Kier alpha value is -2.96. The molecule has 1 saturated carbocycles. The van der Waals surface area contributed by atoms with E-state index in [9.17, 15) is 18.0 Å². The molecule has 30 heavy (non-hydrogen) atoms. The lowest BCUT2D eigenvalue weighted by Crippen LogP contribution is -2.12. The Labute approximate surface area is 171 Å². The second-order valence-corrected chi connectivity index (χ2v) is 7.78. The van der Waals surface area contributed by atoms with E-state index in [-0.39, 0.29) is 18.9 Å². The Morgan fingerprint density at radius 3 is 2.60 bits per heavy atom. The van der Waals surface area contributed by atoms with Crippen LogP contribution in [0.25, 0.3) is 10.9 Å². The minimum absolute atomic E-state index is 0.00177. The van der Waals surface area contributed by atoms with Gasteiger partial charge in [-0.2, -0.15) is 13.2 Å². The van der Waals surface area contributed by atoms with Crippen molar-refractivity contribution in [2.24, 2.45) is 0 Å². The van der Waals surface area contributed by atoms with Crippen molar-refractivity contribution in [3.63, 3.8) is 0 Å². The summed E-state index contributed by atoms with van der Waals surface area (Å²) in [6.07, 6.45) is 0.657. The topological polar surface area (TPSA) is 62.3 Å². The molecule has 0 bridgehead atoms. The average Bonchev–Trinajstić information content (AvgIpc) is 3.36. The molecular formula is C23H22F3NO3. The van der Waals surface area contributed by atoms with Gasteiger partial charge in [0.2, 0.25) is 0 Å². The van der Waals surface area contributed by atoms with Gasteiger partial charge in [-0.05, 0) is 59.7 Å². The summed E-state index contributed by atoms with van der Waals surface area (Å²) >= 11 is 0. The number of hydrogen-bond acceptors (Lipinski definition) is 2. The summed E-state index contributed by atoms with van der Waals surface area (Å²) in [7, 11) is 0. The molecule has 4 rings (SSSR count). The molecule has 1 aromatic heterocycles. The number of halogens is 3. The van der Waals surface area contributed by atoms with Crippen molar-refractivity contribution in [1.29, 1.82) is 0 Å². The molecule has 0 unspecified atom stereocenters. The van der Waals surface area contributed by atoms with E-state index in [4.69, 9.17) is 9.84 Å². The Kier molecular flexibility index (Phi) is 5.45. The van der Waals surface area contributed by atoms with Gasteiger partial charge in [0.05, 0.1) is 12.0 Å². The van der Waals surface area contributed by atoms with E-state index < -0.39 is 17.7 Å². The molecule has 0 amide bonds. The number of H-pyrrole nitrogens is 1. The quantitative estimate of drug-likeness (QED) is 0.513. The van der Waals surface area contributed by atoms with Crippen molar-refractivity contribution in [3.8, 4) is 5.75 Å². The van der Waals surface area contributed by atoms with E-state index in [0.29, 0.717) is 22.4 Å². The highest BCUT2D eigenvalue weighted by Crippen LogP contribution is 2.42. The van der Waals surface area contributed by atoms with Gasteiger partial charge >= 0.3 is 12.1 Å². The smallest absolute Gasteiger partial charge is 0.416 e. The second-order valence-electron chi connectivity index (χ2n) is 7.78. The number of hydrogen-bond donors (Lipinski definition) is 2. The van der Waals surface area contributed by atoms with Crippen LogP contribution in [0.4, 0.5) is 13.2 Å². The van der Waals surface area contributed by atoms with Gasteiger partial charge in [0.25, 0.3) is 0 Å². The number of rotatable bonds is 6.